The van der Waals surface area contributed by atoms with Crippen LogP contribution < -0.4 is 16.2 Å². The Morgan fingerprint density at radius 3 is 2.59 bits per heavy atom. The van der Waals surface area contributed by atoms with Gasteiger partial charge in [0, 0.05) is 36.1 Å². The highest BCUT2D eigenvalue weighted by molar-refractivity contribution is 5.88. The molecule has 2 aromatic heterocycles. The average molecular weight is 394 g/mol. The zero-order valence-corrected chi connectivity index (χ0v) is 16.8. The van der Waals surface area contributed by atoms with Gasteiger partial charge in [-0.25, -0.2) is 9.37 Å². The minimum atomic E-state index is -0.315. The van der Waals surface area contributed by atoms with Crippen LogP contribution in [0, 0.1) is 12.7 Å². The van der Waals surface area contributed by atoms with Crippen LogP contribution in [0.15, 0.2) is 47.4 Å². The van der Waals surface area contributed by atoms with Gasteiger partial charge in [0.25, 0.3) is 5.56 Å². The summed E-state index contributed by atoms with van der Waals surface area (Å²) in [7, 11) is 0. The fraction of sp³-hybridized carbons (Fsp3) is 0.227. The Balaban J connectivity index is 2.06. The lowest BCUT2D eigenvalue weighted by molar-refractivity contribution is -0.114. The Hall–Kier alpha value is -3.48. The predicted molar refractivity (Wildman–Crippen MR) is 113 cm³/mol. The van der Waals surface area contributed by atoms with Crippen molar-refractivity contribution in [2.75, 3.05) is 10.6 Å². The van der Waals surface area contributed by atoms with Crippen molar-refractivity contribution in [2.24, 2.45) is 0 Å². The Morgan fingerprint density at radius 2 is 1.93 bits per heavy atom. The van der Waals surface area contributed by atoms with Crippen LogP contribution in [-0.2, 0) is 4.79 Å². The van der Waals surface area contributed by atoms with E-state index >= 15 is 0 Å². The zero-order chi connectivity index (χ0) is 21.1. The first-order chi connectivity index (χ1) is 13.7. The van der Waals surface area contributed by atoms with Gasteiger partial charge in [0.15, 0.2) is 0 Å². The van der Waals surface area contributed by atoms with E-state index in [0.29, 0.717) is 28.2 Å². The highest BCUT2D eigenvalue weighted by Crippen LogP contribution is 2.29. The molecule has 0 saturated carbocycles. The summed E-state index contributed by atoms with van der Waals surface area (Å²) in [5, 5.41) is 5.94. The van der Waals surface area contributed by atoms with Crippen molar-refractivity contribution >= 4 is 23.1 Å². The van der Waals surface area contributed by atoms with Crippen LogP contribution in [0.1, 0.15) is 37.9 Å². The minimum Gasteiger partial charge on any atom is -0.354 e. The summed E-state index contributed by atoms with van der Waals surface area (Å²) in [5.41, 5.74) is 3.48. The molecule has 3 N–H and O–H groups in total. The summed E-state index contributed by atoms with van der Waals surface area (Å²) in [5.74, 6) is -0.0431. The van der Waals surface area contributed by atoms with Gasteiger partial charge in [-0.1, -0.05) is 19.9 Å². The third-order valence-corrected chi connectivity index (χ3v) is 4.46. The monoisotopic (exact) mass is 394 g/mol. The van der Waals surface area contributed by atoms with Crippen molar-refractivity contribution in [3.8, 4) is 11.1 Å². The van der Waals surface area contributed by atoms with Crippen molar-refractivity contribution in [3.63, 3.8) is 0 Å². The second-order valence-corrected chi connectivity index (χ2v) is 7.19. The molecule has 0 spiro atoms. The number of hydrogen-bond donors (Lipinski definition) is 3. The topological polar surface area (TPSA) is 86.9 Å². The van der Waals surface area contributed by atoms with Gasteiger partial charge in [-0.2, -0.15) is 0 Å². The number of aryl methyl sites for hydroxylation is 1. The highest BCUT2D eigenvalue weighted by atomic mass is 19.1. The lowest BCUT2D eigenvalue weighted by Gasteiger charge is -2.17. The van der Waals surface area contributed by atoms with Crippen molar-refractivity contribution in [2.45, 2.75) is 33.6 Å². The quantitative estimate of drug-likeness (QED) is 0.585. The molecule has 150 valence electrons. The van der Waals surface area contributed by atoms with Gasteiger partial charge in [0.05, 0.1) is 5.69 Å². The summed E-state index contributed by atoms with van der Waals surface area (Å²) >= 11 is 0. The number of nitrogens with zero attached hydrogens (tertiary/aromatic N) is 1. The molecule has 0 aliphatic heterocycles. The maximum atomic E-state index is 13.6. The molecule has 0 fully saturated rings. The van der Waals surface area contributed by atoms with Crippen molar-refractivity contribution in [1.82, 2.24) is 9.97 Å². The number of aromatic nitrogens is 2. The molecule has 0 bridgehead atoms. The number of aromatic amines is 1. The number of benzene rings is 1. The molecule has 3 rings (SSSR count). The van der Waals surface area contributed by atoms with E-state index in [4.69, 9.17) is 0 Å². The van der Waals surface area contributed by atoms with E-state index < -0.39 is 0 Å². The largest absolute Gasteiger partial charge is 0.354 e. The van der Waals surface area contributed by atoms with E-state index in [2.05, 4.69) is 20.6 Å². The Kier molecular flexibility index (Phi) is 5.77. The van der Waals surface area contributed by atoms with Crippen LogP contribution in [0.4, 0.5) is 21.6 Å². The number of nitrogens with one attached hydrogen (secondary N) is 3. The van der Waals surface area contributed by atoms with Crippen LogP contribution in [0.5, 0.6) is 0 Å². The molecule has 3 aromatic rings. The number of pyridine rings is 2. The standard InChI is InChI=1S/C22H23FN4O2/c1-12(2)21-19(26-16-7-8-24-20(10-16)25-14(4)28)11-17(22(29)27-21)15-5-6-18(23)13(3)9-15/h5-12H,1-4H3,(H,27,29)(H2,24,25,26,28). The van der Waals surface area contributed by atoms with E-state index in [9.17, 15) is 14.0 Å². The molecule has 1 amide bonds. The summed E-state index contributed by atoms with van der Waals surface area (Å²) in [6, 6.07) is 9.84. The van der Waals surface area contributed by atoms with E-state index in [1.54, 1.807) is 43.5 Å². The van der Waals surface area contributed by atoms with E-state index in [0.717, 1.165) is 11.4 Å². The number of amides is 1. The van der Waals surface area contributed by atoms with E-state index in [1.165, 1.54) is 13.0 Å². The van der Waals surface area contributed by atoms with Gasteiger partial charge in [-0.3, -0.25) is 9.59 Å². The fourth-order valence-corrected chi connectivity index (χ4v) is 3.04. The maximum Gasteiger partial charge on any atom is 0.256 e. The Bertz CT molecular complexity index is 1120. The van der Waals surface area contributed by atoms with Crippen LogP contribution in [-0.4, -0.2) is 15.9 Å². The summed E-state index contributed by atoms with van der Waals surface area (Å²) in [4.78, 5) is 31.0. The Morgan fingerprint density at radius 1 is 1.17 bits per heavy atom. The van der Waals surface area contributed by atoms with Gasteiger partial charge in [0.2, 0.25) is 5.91 Å². The molecule has 0 aliphatic rings. The first kappa shape index (κ1) is 20.3. The van der Waals surface area contributed by atoms with Gasteiger partial charge >= 0.3 is 0 Å². The zero-order valence-electron chi connectivity index (χ0n) is 16.8. The highest BCUT2D eigenvalue weighted by Gasteiger charge is 2.14. The molecule has 0 atom stereocenters. The van der Waals surface area contributed by atoms with Gasteiger partial charge in [-0.15, -0.1) is 0 Å². The number of halogens is 1. The third kappa shape index (κ3) is 4.68. The number of H-pyrrole nitrogens is 1. The number of carbonyl (C=O) groups is 1. The molecule has 0 radical (unpaired) electrons. The molecular formula is C22H23FN4O2. The molecule has 29 heavy (non-hydrogen) atoms. The van der Waals surface area contributed by atoms with Crippen LogP contribution in [0.2, 0.25) is 0 Å². The van der Waals surface area contributed by atoms with E-state index in [1.807, 2.05) is 13.8 Å². The normalized spacial score (nSPS) is 10.8. The number of hydrogen-bond acceptors (Lipinski definition) is 4. The van der Waals surface area contributed by atoms with E-state index in [-0.39, 0.29) is 23.2 Å². The molecule has 1 aromatic carbocycles. The number of anilines is 3. The van der Waals surface area contributed by atoms with Crippen LogP contribution in [0.3, 0.4) is 0 Å². The summed E-state index contributed by atoms with van der Waals surface area (Å²) in [6.07, 6.45) is 1.58. The smallest absolute Gasteiger partial charge is 0.256 e. The molecule has 2 heterocycles. The number of rotatable bonds is 5. The second-order valence-electron chi connectivity index (χ2n) is 7.19. The summed E-state index contributed by atoms with van der Waals surface area (Å²) < 4.78 is 13.6. The second kappa shape index (κ2) is 8.26. The molecular weight excluding hydrogens is 371 g/mol. The van der Waals surface area contributed by atoms with Gasteiger partial charge in [0.1, 0.15) is 11.6 Å². The van der Waals surface area contributed by atoms with Crippen LogP contribution in [0.25, 0.3) is 11.1 Å². The van der Waals surface area contributed by atoms with Crippen molar-refractivity contribution < 1.29 is 9.18 Å². The molecule has 0 saturated heterocycles. The molecule has 7 heteroatoms. The first-order valence-electron chi connectivity index (χ1n) is 9.29. The van der Waals surface area contributed by atoms with Crippen LogP contribution >= 0.6 is 0 Å². The maximum absolute atomic E-state index is 13.6. The summed E-state index contributed by atoms with van der Waals surface area (Å²) in [6.45, 7) is 7.04. The SMILES string of the molecule is CC(=O)Nc1cc(Nc2cc(-c3ccc(F)c(C)c3)c(=O)[nH]c2C(C)C)ccn1. The van der Waals surface area contributed by atoms with Crippen molar-refractivity contribution in [3.05, 3.63) is 70.0 Å². The first-order valence-corrected chi connectivity index (χ1v) is 9.29. The molecule has 6 nitrogen and oxygen atoms in total. The minimum absolute atomic E-state index is 0.0610. The molecule has 0 aliphatic carbocycles. The van der Waals surface area contributed by atoms with Gasteiger partial charge in [-0.05, 0) is 48.2 Å². The molecule has 0 unspecified atom stereocenters. The number of carbonyl (C=O) groups excluding carboxylic acids is 1. The predicted octanol–water partition coefficient (Wildman–Crippen LogP) is 4.71. The Labute approximate surface area is 168 Å². The van der Waals surface area contributed by atoms with Crippen molar-refractivity contribution in [1.29, 1.82) is 0 Å². The average Bonchev–Trinajstić information content (AvgIpc) is 2.65. The van der Waals surface area contributed by atoms with Gasteiger partial charge < -0.3 is 15.6 Å². The lowest BCUT2D eigenvalue weighted by atomic mass is 10.0. The lowest BCUT2D eigenvalue weighted by Crippen LogP contribution is -2.15. The third-order valence-electron chi connectivity index (χ3n) is 4.46. The fourth-order valence-electron chi connectivity index (χ4n) is 3.04.